The van der Waals surface area contributed by atoms with Crippen molar-refractivity contribution in [3.05, 3.63) is 30.1 Å². The molecule has 0 bridgehead atoms. The molecule has 2 amide bonds. The van der Waals surface area contributed by atoms with Crippen LogP contribution < -0.4 is 10.6 Å². The highest BCUT2D eigenvalue weighted by Crippen LogP contribution is 2.28. The molecule has 4 nitrogen and oxygen atoms in total. The molecular weight excluding hydrogens is 281 g/mol. The number of para-hydroxylation sites is 1. The monoisotopic (exact) mass is 305 g/mol. The van der Waals surface area contributed by atoms with Crippen LogP contribution in [0.1, 0.15) is 32.1 Å². The number of hydrogen-bond donors (Lipinski definition) is 2. The number of benzene rings is 1. The average molecular weight is 305 g/mol. The third-order valence-electron chi connectivity index (χ3n) is 4.83. The summed E-state index contributed by atoms with van der Waals surface area (Å²) in [6, 6.07) is 6.64. The lowest BCUT2D eigenvalue weighted by atomic mass is 10.1. The Balaban J connectivity index is 1.41. The first-order valence-corrected chi connectivity index (χ1v) is 8.26. The van der Waals surface area contributed by atoms with Crippen LogP contribution in [0.15, 0.2) is 24.3 Å². The fourth-order valence-electron chi connectivity index (χ4n) is 3.60. The number of nitrogens with zero attached hydrogens (tertiary/aromatic N) is 1. The van der Waals surface area contributed by atoms with Crippen molar-refractivity contribution in [1.29, 1.82) is 0 Å². The first-order chi connectivity index (χ1) is 10.7. The maximum atomic E-state index is 13.5. The van der Waals surface area contributed by atoms with Crippen LogP contribution in [0.2, 0.25) is 0 Å². The smallest absolute Gasteiger partial charge is 0.319 e. The fraction of sp³-hybridized carbons (Fsp3) is 0.588. The number of amides is 2. The van der Waals surface area contributed by atoms with Crippen LogP contribution in [0.4, 0.5) is 14.9 Å². The first kappa shape index (κ1) is 15.3. The van der Waals surface area contributed by atoms with Crippen LogP contribution in [0.25, 0.3) is 0 Å². The van der Waals surface area contributed by atoms with Crippen LogP contribution in [-0.2, 0) is 0 Å². The Bertz CT molecular complexity index is 516. The summed E-state index contributed by atoms with van der Waals surface area (Å²) in [5, 5.41) is 5.43. The van der Waals surface area contributed by atoms with Gasteiger partial charge >= 0.3 is 6.03 Å². The molecule has 1 heterocycles. The molecule has 1 atom stereocenters. The largest absolute Gasteiger partial charge is 0.338 e. The van der Waals surface area contributed by atoms with Crippen molar-refractivity contribution < 1.29 is 9.18 Å². The Labute approximate surface area is 131 Å². The van der Waals surface area contributed by atoms with E-state index in [0.29, 0.717) is 12.5 Å². The Kier molecular flexibility index (Phi) is 4.93. The topological polar surface area (TPSA) is 44.4 Å². The zero-order chi connectivity index (χ0) is 15.4. The number of carbonyl (C=O) groups is 1. The third kappa shape index (κ3) is 3.77. The number of rotatable bonds is 4. The Morgan fingerprint density at radius 2 is 2.00 bits per heavy atom. The lowest BCUT2D eigenvalue weighted by Gasteiger charge is -2.23. The van der Waals surface area contributed by atoms with Crippen molar-refractivity contribution in [2.45, 2.75) is 38.1 Å². The predicted octanol–water partition coefficient (Wildman–Crippen LogP) is 3.21. The molecule has 1 saturated heterocycles. The molecule has 2 aliphatic rings. The minimum Gasteiger partial charge on any atom is -0.338 e. The highest BCUT2D eigenvalue weighted by Gasteiger charge is 2.29. The number of nitrogens with one attached hydrogen (secondary N) is 2. The summed E-state index contributed by atoms with van der Waals surface area (Å²) in [5.41, 5.74) is 0.221. The van der Waals surface area contributed by atoms with Gasteiger partial charge in [-0.2, -0.15) is 0 Å². The lowest BCUT2D eigenvalue weighted by Crippen LogP contribution is -2.36. The van der Waals surface area contributed by atoms with Gasteiger partial charge in [0, 0.05) is 19.1 Å². The van der Waals surface area contributed by atoms with Crippen molar-refractivity contribution in [2.24, 2.45) is 5.92 Å². The summed E-state index contributed by atoms with van der Waals surface area (Å²) in [6.45, 7) is 2.88. The van der Waals surface area contributed by atoms with E-state index in [1.54, 1.807) is 18.2 Å². The summed E-state index contributed by atoms with van der Waals surface area (Å²) >= 11 is 0. The predicted molar refractivity (Wildman–Crippen MR) is 85.4 cm³/mol. The summed E-state index contributed by atoms with van der Waals surface area (Å²) in [4.78, 5) is 14.4. The molecule has 2 fully saturated rings. The van der Waals surface area contributed by atoms with Gasteiger partial charge in [-0.3, -0.25) is 0 Å². The second kappa shape index (κ2) is 7.09. The van der Waals surface area contributed by atoms with Gasteiger partial charge in [0.15, 0.2) is 0 Å². The number of hydrogen-bond acceptors (Lipinski definition) is 2. The van der Waals surface area contributed by atoms with Gasteiger partial charge in [0.05, 0.1) is 5.69 Å². The number of halogens is 1. The van der Waals surface area contributed by atoms with Crippen LogP contribution in [0.5, 0.6) is 0 Å². The van der Waals surface area contributed by atoms with E-state index < -0.39 is 5.82 Å². The van der Waals surface area contributed by atoms with Gasteiger partial charge in [0.2, 0.25) is 0 Å². The van der Waals surface area contributed by atoms with Crippen molar-refractivity contribution >= 4 is 11.7 Å². The molecule has 0 spiro atoms. The maximum absolute atomic E-state index is 13.5. The van der Waals surface area contributed by atoms with E-state index >= 15 is 0 Å². The summed E-state index contributed by atoms with van der Waals surface area (Å²) in [6.07, 6.45) is 6.50. The molecule has 1 aliphatic carbocycles. The van der Waals surface area contributed by atoms with E-state index in [1.165, 1.54) is 31.7 Å². The third-order valence-corrected chi connectivity index (χ3v) is 4.83. The first-order valence-electron chi connectivity index (χ1n) is 8.26. The zero-order valence-electron chi connectivity index (χ0n) is 12.9. The number of carbonyl (C=O) groups excluding carboxylic acids is 1. The summed E-state index contributed by atoms with van der Waals surface area (Å²) in [7, 11) is 0. The Morgan fingerprint density at radius 1 is 1.23 bits per heavy atom. The Hall–Kier alpha value is -1.62. The normalized spacial score (nSPS) is 22.9. The van der Waals surface area contributed by atoms with Crippen LogP contribution in [0, 0.1) is 11.7 Å². The molecule has 1 aliphatic heterocycles. The molecule has 22 heavy (non-hydrogen) atoms. The van der Waals surface area contributed by atoms with Gasteiger partial charge in [-0.15, -0.1) is 0 Å². The van der Waals surface area contributed by atoms with Gasteiger partial charge in [0.1, 0.15) is 5.82 Å². The second-order valence-corrected chi connectivity index (χ2v) is 6.40. The molecule has 3 rings (SSSR count). The van der Waals surface area contributed by atoms with E-state index in [-0.39, 0.29) is 11.7 Å². The van der Waals surface area contributed by atoms with E-state index in [4.69, 9.17) is 0 Å². The molecule has 1 aromatic carbocycles. The summed E-state index contributed by atoms with van der Waals surface area (Å²) in [5.74, 6) is 0.0953. The molecule has 120 valence electrons. The fourth-order valence-corrected chi connectivity index (χ4v) is 3.60. The van der Waals surface area contributed by atoms with Crippen molar-refractivity contribution in [1.82, 2.24) is 10.2 Å². The SMILES string of the molecule is O=C(NC[C@@H]1CCN(C2CCCC2)C1)Nc1ccccc1F. The molecule has 0 unspecified atom stereocenters. The minimum atomic E-state index is -0.411. The number of likely N-dealkylation sites (tertiary alicyclic amines) is 1. The van der Waals surface area contributed by atoms with Crippen molar-refractivity contribution in [3.63, 3.8) is 0 Å². The van der Waals surface area contributed by atoms with E-state index in [2.05, 4.69) is 15.5 Å². The molecule has 1 aromatic rings. The van der Waals surface area contributed by atoms with Gasteiger partial charge in [-0.25, -0.2) is 9.18 Å². The van der Waals surface area contributed by atoms with Crippen LogP contribution in [0.3, 0.4) is 0 Å². The quantitative estimate of drug-likeness (QED) is 0.897. The van der Waals surface area contributed by atoms with E-state index in [0.717, 1.165) is 25.6 Å². The highest BCUT2D eigenvalue weighted by molar-refractivity contribution is 5.89. The summed E-state index contributed by atoms with van der Waals surface area (Å²) < 4.78 is 13.5. The van der Waals surface area contributed by atoms with Crippen molar-refractivity contribution in [2.75, 3.05) is 25.0 Å². The number of anilines is 1. The van der Waals surface area contributed by atoms with E-state index in [9.17, 15) is 9.18 Å². The Morgan fingerprint density at radius 3 is 2.77 bits per heavy atom. The van der Waals surface area contributed by atoms with Crippen LogP contribution in [-0.4, -0.2) is 36.6 Å². The second-order valence-electron chi connectivity index (χ2n) is 6.40. The molecule has 2 N–H and O–H groups in total. The van der Waals surface area contributed by atoms with Gasteiger partial charge < -0.3 is 15.5 Å². The molecule has 0 radical (unpaired) electrons. The van der Waals surface area contributed by atoms with Gasteiger partial charge in [0.25, 0.3) is 0 Å². The molecule has 5 heteroatoms. The lowest BCUT2D eigenvalue weighted by molar-refractivity contribution is 0.234. The maximum Gasteiger partial charge on any atom is 0.319 e. The van der Waals surface area contributed by atoms with Crippen LogP contribution >= 0.6 is 0 Å². The van der Waals surface area contributed by atoms with E-state index in [1.807, 2.05) is 0 Å². The zero-order valence-corrected chi connectivity index (χ0v) is 12.9. The minimum absolute atomic E-state index is 0.221. The molecule has 0 aromatic heterocycles. The molecular formula is C17H24FN3O. The van der Waals surface area contributed by atoms with Crippen molar-refractivity contribution in [3.8, 4) is 0 Å². The highest BCUT2D eigenvalue weighted by atomic mass is 19.1. The number of urea groups is 1. The van der Waals surface area contributed by atoms with Gasteiger partial charge in [-0.05, 0) is 43.9 Å². The molecule has 1 saturated carbocycles. The average Bonchev–Trinajstić information content (AvgIpc) is 3.18. The van der Waals surface area contributed by atoms with Gasteiger partial charge in [-0.1, -0.05) is 25.0 Å². The standard InChI is InChI=1S/C17H24FN3O/c18-15-7-3-4-8-16(15)20-17(22)19-11-13-9-10-21(12-13)14-5-1-2-6-14/h3-4,7-8,13-14H,1-2,5-6,9-12H2,(H2,19,20,22)/t13-/m0/s1.